The first-order valence-electron chi connectivity index (χ1n) is 6.28. The second-order valence-corrected chi connectivity index (χ2v) is 6.30. The van der Waals surface area contributed by atoms with Gasteiger partial charge in [0.2, 0.25) is 0 Å². The van der Waals surface area contributed by atoms with Crippen molar-refractivity contribution in [3.63, 3.8) is 0 Å². The molecule has 19 heavy (non-hydrogen) atoms. The van der Waals surface area contributed by atoms with Crippen molar-refractivity contribution in [1.82, 2.24) is 10.6 Å². The highest BCUT2D eigenvalue weighted by Crippen LogP contribution is 2.28. The highest BCUT2D eigenvalue weighted by molar-refractivity contribution is 7.99. The van der Waals surface area contributed by atoms with Gasteiger partial charge in [0.1, 0.15) is 5.41 Å². The third-order valence-corrected chi connectivity index (χ3v) is 4.53. The number of carboxylic acid groups (broad SMARTS) is 1. The minimum absolute atomic E-state index is 0.122. The molecule has 1 fully saturated rings. The molecule has 110 valence electrons. The molecule has 0 spiro atoms. The van der Waals surface area contributed by atoms with Crippen molar-refractivity contribution >= 4 is 23.8 Å². The fourth-order valence-electron chi connectivity index (χ4n) is 1.80. The molecule has 3 atom stereocenters. The highest BCUT2D eigenvalue weighted by atomic mass is 32.2. The summed E-state index contributed by atoms with van der Waals surface area (Å²) in [5.74, 6) is -0.952. The van der Waals surface area contributed by atoms with E-state index in [1.165, 1.54) is 0 Å². The van der Waals surface area contributed by atoms with Crippen molar-refractivity contribution < 1.29 is 19.4 Å². The number of carbonyl (C=O) groups excluding carboxylic acids is 1. The Kier molecular flexibility index (Phi) is 5.93. The first-order chi connectivity index (χ1) is 8.90. The number of carboxylic acids is 1. The Balaban J connectivity index is 2.38. The van der Waals surface area contributed by atoms with Gasteiger partial charge in [0.15, 0.2) is 0 Å². The van der Waals surface area contributed by atoms with E-state index < -0.39 is 17.4 Å². The number of carbonyl (C=O) groups is 2. The molecule has 1 saturated heterocycles. The van der Waals surface area contributed by atoms with Crippen LogP contribution in [0.4, 0.5) is 4.79 Å². The molecule has 0 radical (unpaired) electrons. The first kappa shape index (κ1) is 16.1. The second-order valence-electron chi connectivity index (χ2n) is 5.03. The Morgan fingerprint density at radius 2 is 2.26 bits per heavy atom. The van der Waals surface area contributed by atoms with Crippen LogP contribution >= 0.6 is 11.8 Å². The Labute approximate surface area is 117 Å². The summed E-state index contributed by atoms with van der Waals surface area (Å²) in [6, 6.07) is -0.834. The zero-order valence-electron chi connectivity index (χ0n) is 11.6. The van der Waals surface area contributed by atoms with Crippen molar-refractivity contribution in [3.8, 4) is 0 Å². The lowest BCUT2D eigenvalue weighted by Gasteiger charge is -2.25. The van der Waals surface area contributed by atoms with Gasteiger partial charge in [0, 0.05) is 11.8 Å². The van der Waals surface area contributed by atoms with Gasteiger partial charge in [0.05, 0.1) is 19.3 Å². The van der Waals surface area contributed by atoms with Crippen molar-refractivity contribution in [2.24, 2.45) is 5.41 Å². The van der Waals surface area contributed by atoms with Crippen LogP contribution in [0.15, 0.2) is 0 Å². The Morgan fingerprint density at radius 3 is 2.84 bits per heavy atom. The van der Waals surface area contributed by atoms with Crippen molar-refractivity contribution in [1.29, 1.82) is 0 Å². The molecular formula is C12H22N2O4S. The predicted molar refractivity (Wildman–Crippen MR) is 74.5 cm³/mol. The van der Waals surface area contributed by atoms with E-state index in [9.17, 15) is 14.7 Å². The van der Waals surface area contributed by atoms with Crippen LogP contribution < -0.4 is 10.6 Å². The monoisotopic (exact) mass is 290 g/mol. The zero-order chi connectivity index (χ0) is 14.5. The van der Waals surface area contributed by atoms with Gasteiger partial charge in [-0.25, -0.2) is 4.79 Å². The van der Waals surface area contributed by atoms with Crippen LogP contribution in [-0.4, -0.2) is 54.4 Å². The van der Waals surface area contributed by atoms with Gasteiger partial charge >= 0.3 is 12.0 Å². The average molecular weight is 290 g/mol. The summed E-state index contributed by atoms with van der Waals surface area (Å²) in [6.07, 6.45) is 2.91. The molecule has 2 amide bonds. The first-order valence-corrected chi connectivity index (χ1v) is 7.57. The molecule has 0 aliphatic carbocycles. The van der Waals surface area contributed by atoms with Gasteiger partial charge < -0.3 is 20.5 Å². The topological polar surface area (TPSA) is 87.7 Å². The molecule has 0 aromatic heterocycles. The molecule has 0 saturated carbocycles. The van der Waals surface area contributed by atoms with Crippen LogP contribution in [0, 0.1) is 5.41 Å². The average Bonchev–Trinajstić information content (AvgIpc) is 2.72. The summed E-state index contributed by atoms with van der Waals surface area (Å²) >= 11 is 1.74. The van der Waals surface area contributed by atoms with Crippen LogP contribution in [0.3, 0.4) is 0 Å². The molecular weight excluding hydrogens is 268 g/mol. The molecule has 7 heteroatoms. The predicted octanol–water partition coefficient (Wildman–Crippen LogP) is 0.917. The molecule has 6 nitrogen and oxygen atoms in total. The van der Waals surface area contributed by atoms with Crippen LogP contribution in [0.1, 0.15) is 20.3 Å². The molecule has 1 heterocycles. The number of aliphatic carboxylic acids is 1. The summed E-state index contributed by atoms with van der Waals surface area (Å²) in [5, 5.41) is 15.1. The normalized spacial score (nSPS) is 27.8. The fourth-order valence-corrected chi connectivity index (χ4v) is 2.15. The number of urea groups is 1. The van der Waals surface area contributed by atoms with Crippen molar-refractivity contribution in [2.45, 2.75) is 31.6 Å². The number of amides is 2. The molecule has 3 unspecified atom stereocenters. The van der Waals surface area contributed by atoms with E-state index in [1.807, 2.05) is 6.26 Å². The molecule has 1 rings (SSSR count). The molecule has 1 aliphatic rings. The van der Waals surface area contributed by atoms with Gasteiger partial charge in [-0.1, -0.05) is 6.92 Å². The maximum Gasteiger partial charge on any atom is 0.315 e. The quantitative estimate of drug-likeness (QED) is 0.677. The van der Waals surface area contributed by atoms with Gasteiger partial charge in [0.25, 0.3) is 0 Å². The minimum atomic E-state index is -1.05. The lowest BCUT2D eigenvalue weighted by Crippen LogP contribution is -2.52. The van der Waals surface area contributed by atoms with Gasteiger partial charge in [-0.3, -0.25) is 4.79 Å². The smallest absolute Gasteiger partial charge is 0.315 e. The third kappa shape index (κ3) is 4.28. The summed E-state index contributed by atoms with van der Waals surface area (Å²) in [6.45, 7) is 4.61. The van der Waals surface area contributed by atoms with Crippen LogP contribution in [0.25, 0.3) is 0 Å². The lowest BCUT2D eigenvalue weighted by atomic mass is 9.85. The van der Waals surface area contributed by atoms with E-state index in [0.29, 0.717) is 11.8 Å². The van der Waals surface area contributed by atoms with Crippen LogP contribution in [0.5, 0.6) is 0 Å². The largest absolute Gasteiger partial charge is 0.481 e. The van der Waals surface area contributed by atoms with Crippen LogP contribution in [0.2, 0.25) is 0 Å². The number of thioether (sulfide) groups is 1. The summed E-state index contributed by atoms with van der Waals surface area (Å²) < 4.78 is 5.17. The van der Waals surface area contributed by atoms with E-state index in [4.69, 9.17) is 4.74 Å². The third-order valence-electron chi connectivity index (χ3n) is 3.49. The minimum Gasteiger partial charge on any atom is -0.481 e. The number of hydrogen-bond acceptors (Lipinski definition) is 4. The number of ether oxygens (including phenoxy) is 1. The number of rotatable bonds is 6. The van der Waals surface area contributed by atoms with Crippen molar-refractivity contribution in [2.75, 3.05) is 26.0 Å². The molecule has 3 N–H and O–H groups in total. The van der Waals surface area contributed by atoms with Gasteiger partial charge in [-0.15, -0.1) is 0 Å². The van der Waals surface area contributed by atoms with E-state index in [-0.39, 0.29) is 19.2 Å². The number of nitrogens with one attached hydrogen (secondary N) is 2. The van der Waals surface area contributed by atoms with E-state index in [0.717, 1.165) is 6.42 Å². The lowest BCUT2D eigenvalue weighted by molar-refractivity contribution is -0.148. The van der Waals surface area contributed by atoms with Gasteiger partial charge in [-0.2, -0.15) is 11.8 Å². The zero-order valence-corrected chi connectivity index (χ0v) is 12.4. The number of hydrogen-bond donors (Lipinski definition) is 3. The Bertz CT molecular complexity index is 340. The standard InChI is InChI=1S/C12H22N2O4S/c1-8(19-3)4-5-13-11(17)14-9-6-18-7-12(9,2)10(15)16/h8-9H,4-7H2,1-3H3,(H,15,16)(H2,13,14,17). The van der Waals surface area contributed by atoms with E-state index in [2.05, 4.69) is 17.6 Å². The summed E-state index contributed by atoms with van der Waals surface area (Å²) in [5.41, 5.74) is -1.05. The second kappa shape index (κ2) is 7.00. The maximum absolute atomic E-state index is 11.7. The van der Waals surface area contributed by atoms with E-state index in [1.54, 1.807) is 18.7 Å². The Hall–Kier alpha value is -0.950. The van der Waals surface area contributed by atoms with Crippen LogP contribution in [-0.2, 0) is 9.53 Å². The molecule has 0 aromatic carbocycles. The molecule has 1 aliphatic heterocycles. The summed E-state index contributed by atoms with van der Waals surface area (Å²) in [7, 11) is 0. The molecule has 0 bridgehead atoms. The Morgan fingerprint density at radius 1 is 1.58 bits per heavy atom. The fraction of sp³-hybridized carbons (Fsp3) is 0.833. The maximum atomic E-state index is 11.7. The SMILES string of the molecule is CSC(C)CCNC(=O)NC1COCC1(C)C(=O)O. The van der Waals surface area contributed by atoms with Crippen molar-refractivity contribution in [3.05, 3.63) is 0 Å². The molecule has 0 aromatic rings. The van der Waals surface area contributed by atoms with Gasteiger partial charge in [-0.05, 0) is 19.6 Å². The summed E-state index contributed by atoms with van der Waals surface area (Å²) in [4.78, 5) is 22.9. The highest BCUT2D eigenvalue weighted by Gasteiger charge is 2.47. The van der Waals surface area contributed by atoms with E-state index >= 15 is 0 Å².